The lowest BCUT2D eigenvalue weighted by Gasteiger charge is -2.23. The first-order valence-corrected chi connectivity index (χ1v) is 10.8. The summed E-state index contributed by atoms with van der Waals surface area (Å²) in [6.45, 7) is 3.52. The average molecular weight is 428 g/mol. The normalized spacial score (nSPS) is 14.3. The van der Waals surface area contributed by atoms with Crippen LogP contribution >= 0.6 is 0 Å². The Bertz CT molecular complexity index is 1170. The molecule has 3 aromatic heterocycles. The molecule has 1 aromatic carbocycles. The number of pyridine rings is 2. The molecule has 0 spiro atoms. The van der Waals surface area contributed by atoms with Crippen molar-refractivity contribution in [2.45, 2.75) is 25.9 Å². The maximum atomic E-state index is 6.05. The number of hydrogen-bond donors (Lipinski definition) is 1. The van der Waals surface area contributed by atoms with Crippen molar-refractivity contribution in [3.8, 4) is 22.8 Å². The van der Waals surface area contributed by atoms with Crippen LogP contribution in [-0.2, 0) is 4.74 Å². The smallest absolute Gasteiger partial charge is 0.138 e. The van der Waals surface area contributed by atoms with Gasteiger partial charge in [-0.25, -0.2) is 9.67 Å². The average Bonchev–Trinajstić information content (AvgIpc) is 3.26. The summed E-state index contributed by atoms with van der Waals surface area (Å²) in [5.74, 6) is 2.38. The van der Waals surface area contributed by atoms with Crippen LogP contribution in [0.5, 0.6) is 5.75 Å². The van der Waals surface area contributed by atoms with Crippen LogP contribution in [0.1, 0.15) is 18.4 Å². The maximum absolute atomic E-state index is 6.05. The van der Waals surface area contributed by atoms with Crippen LogP contribution in [-0.4, -0.2) is 39.1 Å². The number of nitrogens with zero attached hydrogens (tertiary/aromatic N) is 4. The lowest BCUT2D eigenvalue weighted by atomic mass is 10.1. The molecule has 7 nitrogen and oxygen atoms in total. The van der Waals surface area contributed by atoms with Crippen LogP contribution in [0.4, 0.5) is 11.6 Å². The molecule has 162 valence electrons. The Morgan fingerprint density at radius 3 is 2.56 bits per heavy atom. The molecule has 0 saturated carbocycles. The van der Waals surface area contributed by atoms with E-state index in [1.807, 2.05) is 72.3 Å². The number of aryl methyl sites for hydroxylation is 1. The second-order valence-electron chi connectivity index (χ2n) is 7.76. The minimum atomic E-state index is 0.186. The highest BCUT2D eigenvalue weighted by molar-refractivity contribution is 5.66. The van der Waals surface area contributed by atoms with Crippen LogP contribution < -0.4 is 10.1 Å². The summed E-state index contributed by atoms with van der Waals surface area (Å²) in [5.41, 5.74) is 3.55. The van der Waals surface area contributed by atoms with E-state index in [2.05, 4.69) is 15.3 Å². The maximum Gasteiger partial charge on any atom is 0.138 e. The number of anilines is 2. The molecule has 4 heterocycles. The van der Waals surface area contributed by atoms with Gasteiger partial charge in [0, 0.05) is 25.1 Å². The third kappa shape index (κ3) is 4.48. The Labute approximate surface area is 187 Å². The zero-order valence-corrected chi connectivity index (χ0v) is 17.9. The quantitative estimate of drug-likeness (QED) is 0.470. The van der Waals surface area contributed by atoms with Gasteiger partial charge < -0.3 is 14.8 Å². The summed E-state index contributed by atoms with van der Waals surface area (Å²) in [6, 6.07) is 19.9. The fourth-order valence-corrected chi connectivity index (χ4v) is 3.69. The molecule has 0 unspecified atom stereocenters. The predicted octanol–water partition coefficient (Wildman–Crippen LogP) is 4.94. The molecule has 0 aliphatic carbocycles. The Morgan fingerprint density at radius 2 is 1.81 bits per heavy atom. The summed E-state index contributed by atoms with van der Waals surface area (Å²) in [7, 11) is 0. The van der Waals surface area contributed by atoms with E-state index in [0.29, 0.717) is 0 Å². The predicted molar refractivity (Wildman–Crippen MR) is 124 cm³/mol. The van der Waals surface area contributed by atoms with E-state index in [0.717, 1.165) is 66.1 Å². The minimum absolute atomic E-state index is 0.186. The van der Waals surface area contributed by atoms with Crippen molar-refractivity contribution in [1.29, 1.82) is 0 Å². The van der Waals surface area contributed by atoms with Gasteiger partial charge in [0.15, 0.2) is 0 Å². The van der Waals surface area contributed by atoms with Crippen LogP contribution in [0, 0.1) is 6.92 Å². The van der Waals surface area contributed by atoms with Crippen LogP contribution in [0.25, 0.3) is 17.1 Å². The van der Waals surface area contributed by atoms with E-state index in [-0.39, 0.29) is 6.10 Å². The molecular formula is C25H25N5O2. The van der Waals surface area contributed by atoms with Crippen molar-refractivity contribution < 1.29 is 9.47 Å². The summed E-state index contributed by atoms with van der Waals surface area (Å²) >= 11 is 0. The van der Waals surface area contributed by atoms with Crippen LogP contribution in [0.3, 0.4) is 0 Å². The van der Waals surface area contributed by atoms with Gasteiger partial charge in [0.25, 0.3) is 0 Å². The Kier molecular flexibility index (Phi) is 5.81. The van der Waals surface area contributed by atoms with E-state index in [9.17, 15) is 0 Å². The number of para-hydroxylation sites is 1. The molecule has 1 N–H and O–H groups in total. The molecule has 7 heteroatoms. The molecular weight excluding hydrogens is 402 g/mol. The van der Waals surface area contributed by atoms with Crippen molar-refractivity contribution >= 4 is 11.6 Å². The van der Waals surface area contributed by atoms with Gasteiger partial charge in [-0.1, -0.05) is 24.3 Å². The monoisotopic (exact) mass is 427 g/mol. The van der Waals surface area contributed by atoms with E-state index < -0.39 is 0 Å². The zero-order valence-electron chi connectivity index (χ0n) is 17.9. The molecule has 4 aromatic rings. The topological polar surface area (TPSA) is 74.1 Å². The molecule has 32 heavy (non-hydrogen) atoms. The van der Waals surface area contributed by atoms with Crippen molar-refractivity contribution in [2.24, 2.45) is 0 Å². The number of rotatable bonds is 6. The summed E-state index contributed by atoms with van der Waals surface area (Å²) in [5, 5.41) is 8.25. The van der Waals surface area contributed by atoms with Gasteiger partial charge in [0.05, 0.1) is 30.8 Å². The van der Waals surface area contributed by atoms with Crippen LogP contribution in [0.2, 0.25) is 0 Å². The second-order valence-corrected chi connectivity index (χ2v) is 7.76. The lowest BCUT2D eigenvalue weighted by Crippen LogP contribution is -2.25. The van der Waals surface area contributed by atoms with Crippen molar-refractivity contribution in [3.05, 3.63) is 78.6 Å². The van der Waals surface area contributed by atoms with Gasteiger partial charge in [-0.15, -0.1) is 0 Å². The van der Waals surface area contributed by atoms with Gasteiger partial charge in [-0.05, 0) is 42.8 Å². The minimum Gasteiger partial charge on any atom is -0.489 e. The standard InChI is InChI=1S/C25H25N5O2/c1-18-6-5-13-26-25(18)28-24-16-23(29-30(24)19-7-3-2-4-8-19)22-10-9-21(17-27-22)32-20-11-14-31-15-12-20/h2-10,13,16-17,20H,11-12,14-15H2,1H3,(H,26,28). The number of ether oxygens (including phenoxy) is 2. The van der Waals surface area contributed by atoms with Crippen molar-refractivity contribution in [2.75, 3.05) is 18.5 Å². The Morgan fingerprint density at radius 1 is 0.969 bits per heavy atom. The Balaban J connectivity index is 1.44. The molecule has 0 amide bonds. The number of benzene rings is 1. The molecule has 0 atom stereocenters. The molecule has 1 saturated heterocycles. The van der Waals surface area contributed by atoms with Gasteiger partial charge in [0.1, 0.15) is 29.2 Å². The number of nitrogens with one attached hydrogen (secondary N) is 1. The van der Waals surface area contributed by atoms with Crippen molar-refractivity contribution in [1.82, 2.24) is 19.7 Å². The summed E-state index contributed by atoms with van der Waals surface area (Å²) < 4.78 is 13.3. The van der Waals surface area contributed by atoms with E-state index in [1.54, 1.807) is 12.4 Å². The second kappa shape index (κ2) is 9.20. The zero-order chi connectivity index (χ0) is 21.8. The first kappa shape index (κ1) is 20.2. The van der Waals surface area contributed by atoms with E-state index in [4.69, 9.17) is 14.6 Å². The summed E-state index contributed by atoms with van der Waals surface area (Å²) in [4.78, 5) is 9.08. The van der Waals surface area contributed by atoms with E-state index in [1.165, 1.54) is 0 Å². The number of aromatic nitrogens is 4. The molecule has 0 bridgehead atoms. The highest BCUT2D eigenvalue weighted by atomic mass is 16.5. The fourth-order valence-electron chi connectivity index (χ4n) is 3.69. The van der Waals surface area contributed by atoms with Crippen molar-refractivity contribution in [3.63, 3.8) is 0 Å². The lowest BCUT2D eigenvalue weighted by molar-refractivity contribution is 0.0254. The summed E-state index contributed by atoms with van der Waals surface area (Å²) in [6.07, 6.45) is 5.54. The first-order chi connectivity index (χ1) is 15.8. The SMILES string of the molecule is Cc1cccnc1Nc1cc(-c2ccc(OC3CCOCC3)cn2)nn1-c1ccccc1. The number of hydrogen-bond acceptors (Lipinski definition) is 6. The van der Waals surface area contributed by atoms with Gasteiger partial charge >= 0.3 is 0 Å². The third-order valence-corrected chi connectivity index (χ3v) is 5.44. The molecule has 0 radical (unpaired) electrons. The first-order valence-electron chi connectivity index (χ1n) is 10.8. The Hall–Kier alpha value is -3.71. The van der Waals surface area contributed by atoms with Crippen LogP contribution in [0.15, 0.2) is 73.1 Å². The highest BCUT2D eigenvalue weighted by Gasteiger charge is 2.17. The van der Waals surface area contributed by atoms with E-state index >= 15 is 0 Å². The van der Waals surface area contributed by atoms with Gasteiger partial charge in [-0.3, -0.25) is 4.98 Å². The molecule has 1 aliphatic rings. The van der Waals surface area contributed by atoms with Gasteiger partial charge in [-0.2, -0.15) is 5.10 Å². The fraction of sp³-hybridized carbons (Fsp3) is 0.240. The molecule has 1 aliphatic heterocycles. The largest absolute Gasteiger partial charge is 0.489 e. The molecule has 5 rings (SSSR count). The molecule has 1 fully saturated rings. The van der Waals surface area contributed by atoms with Gasteiger partial charge in [0.2, 0.25) is 0 Å². The highest BCUT2D eigenvalue weighted by Crippen LogP contribution is 2.28. The third-order valence-electron chi connectivity index (χ3n) is 5.44.